The average Bonchev–Trinajstić information content (AvgIpc) is 2.80. The molecule has 5 nitrogen and oxygen atoms in total. The fourth-order valence-electron chi connectivity index (χ4n) is 2.73. The lowest BCUT2D eigenvalue weighted by atomic mass is 10.00. The predicted octanol–water partition coefficient (Wildman–Crippen LogP) is 2.27. The minimum atomic E-state index is 0.716. The van der Waals surface area contributed by atoms with E-state index < -0.39 is 0 Å². The molecule has 0 amide bonds. The molecule has 1 fully saturated rings. The molecule has 2 aromatic rings. The highest BCUT2D eigenvalue weighted by Gasteiger charge is 2.17. The molecule has 1 aromatic heterocycles. The standard InChI is InChI=1S/C15H21N3O2/c1-18(9-11-4-6-19-7-5-11)10-15-17-13-8-12(16)2-3-14(13)20-15/h2-3,8,11H,4-7,9-10,16H2,1H3. The van der Waals surface area contributed by atoms with Crippen LogP contribution in [-0.4, -0.2) is 36.7 Å². The monoisotopic (exact) mass is 275 g/mol. The van der Waals surface area contributed by atoms with E-state index in [0.717, 1.165) is 56.1 Å². The van der Waals surface area contributed by atoms with Crippen molar-refractivity contribution in [2.45, 2.75) is 19.4 Å². The van der Waals surface area contributed by atoms with Gasteiger partial charge in [0.2, 0.25) is 5.89 Å². The summed E-state index contributed by atoms with van der Waals surface area (Å²) in [6, 6.07) is 5.56. The number of hydrogen-bond donors (Lipinski definition) is 1. The Morgan fingerprint density at radius 1 is 1.35 bits per heavy atom. The number of nitrogens with two attached hydrogens (primary N) is 1. The lowest BCUT2D eigenvalue weighted by molar-refractivity contribution is 0.0541. The number of ether oxygens (including phenoxy) is 1. The number of anilines is 1. The second kappa shape index (κ2) is 5.81. The number of oxazole rings is 1. The normalized spacial score (nSPS) is 17.1. The zero-order valence-electron chi connectivity index (χ0n) is 11.8. The lowest BCUT2D eigenvalue weighted by Crippen LogP contribution is -2.29. The number of hydrogen-bond acceptors (Lipinski definition) is 5. The number of aromatic nitrogens is 1. The second-order valence-corrected chi connectivity index (χ2v) is 5.59. The van der Waals surface area contributed by atoms with E-state index >= 15 is 0 Å². The summed E-state index contributed by atoms with van der Waals surface area (Å²) in [5, 5.41) is 0. The smallest absolute Gasteiger partial charge is 0.209 e. The number of nitrogens with zero attached hydrogens (tertiary/aromatic N) is 2. The van der Waals surface area contributed by atoms with Crippen LogP contribution in [0, 0.1) is 5.92 Å². The maximum atomic E-state index is 5.75. The Hall–Kier alpha value is -1.59. The minimum Gasteiger partial charge on any atom is -0.439 e. The molecule has 0 bridgehead atoms. The number of rotatable bonds is 4. The van der Waals surface area contributed by atoms with Crippen LogP contribution in [0.1, 0.15) is 18.7 Å². The molecule has 1 saturated heterocycles. The Bertz CT molecular complexity index is 576. The van der Waals surface area contributed by atoms with Gasteiger partial charge < -0.3 is 14.9 Å². The first kappa shape index (κ1) is 13.4. The Morgan fingerprint density at radius 3 is 2.95 bits per heavy atom. The van der Waals surface area contributed by atoms with Crippen molar-refractivity contribution in [1.82, 2.24) is 9.88 Å². The summed E-state index contributed by atoms with van der Waals surface area (Å²) in [5.41, 5.74) is 8.10. The van der Waals surface area contributed by atoms with Gasteiger partial charge in [-0.15, -0.1) is 0 Å². The summed E-state index contributed by atoms with van der Waals surface area (Å²) in [6.45, 7) is 3.57. The van der Waals surface area contributed by atoms with Gasteiger partial charge in [0.05, 0.1) is 6.54 Å². The molecular weight excluding hydrogens is 254 g/mol. The molecule has 1 aliphatic heterocycles. The molecular formula is C15H21N3O2. The molecule has 3 rings (SSSR count). The van der Waals surface area contributed by atoms with Crippen molar-refractivity contribution < 1.29 is 9.15 Å². The van der Waals surface area contributed by atoms with Gasteiger partial charge in [-0.3, -0.25) is 4.90 Å². The van der Waals surface area contributed by atoms with Crippen molar-refractivity contribution in [1.29, 1.82) is 0 Å². The van der Waals surface area contributed by atoms with Crippen molar-refractivity contribution in [3.05, 3.63) is 24.1 Å². The van der Waals surface area contributed by atoms with Crippen molar-refractivity contribution in [2.75, 3.05) is 32.5 Å². The maximum absolute atomic E-state index is 5.75. The van der Waals surface area contributed by atoms with Gasteiger partial charge in [-0.05, 0) is 44.0 Å². The van der Waals surface area contributed by atoms with E-state index in [0.29, 0.717) is 11.6 Å². The van der Waals surface area contributed by atoms with Gasteiger partial charge in [0.25, 0.3) is 0 Å². The molecule has 0 aliphatic carbocycles. The Kier molecular flexibility index (Phi) is 3.89. The van der Waals surface area contributed by atoms with Gasteiger partial charge in [-0.2, -0.15) is 0 Å². The molecule has 1 aromatic carbocycles. The lowest BCUT2D eigenvalue weighted by Gasteiger charge is -2.26. The zero-order chi connectivity index (χ0) is 13.9. The van der Waals surface area contributed by atoms with Crippen LogP contribution < -0.4 is 5.73 Å². The second-order valence-electron chi connectivity index (χ2n) is 5.59. The average molecular weight is 275 g/mol. The van der Waals surface area contributed by atoms with Crippen molar-refractivity contribution in [3.63, 3.8) is 0 Å². The number of fused-ring (bicyclic) bond motifs is 1. The van der Waals surface area contributed by atoms with Gasteiger partial charge in [0, 0.05) is 25.4 Å². The molecule has 0 spiro atoms. The summed E-state index contributed by atoms with van der Waals surface area (Å²) < 4.78 is 11.1. The molecule has 5 heteroatoms. The quantitative estimate of drug-likeness (QED) is 0.867. The summed E-state index contributed by atoms with van der Waals surface area (Å²) in [4.78, 5) is 6.76. The van der Waals surface area contributed by atoms with Crippen LogP contribution in [-0.2, 0) is 11.3 Å². The van der Waals surface area contributed by atoms with Crippen LogP contribution >= 0.6 is 0 Å². The topological polar surface area (TPSA) is 64.5 Å². The van der Waals surface area contributed by atoms with Gasteiger partial charge >= 0.3 is 0 Å². The fraction of sp³-hybridized carbons (Fsp3) is 0.533. The van der Waals surface area contributed by atoms with Gasteiger partial charge in [0.1, 0.15) is 5.52 Å². The highest BCUT2D eigenvalue weighted by molar-refractivity contribution is 5.76. The summed E-state index contributed by atoms with van der Waals surface area (Å²) in [7, 11) is 2.11. The highest BCUT2D eigenvalue weighted by Crippen LogP contribution is 2.20. The first-order valence-electron chi connectivity index (χ1n) is 7.12. The molecule has 2 N–H and O–H groups in total. The SMILES string of the molecule is CN(Cc1nc2cc(N)ccc2o1)CC1CCOCC1. The Labute approximate surface area is 118 Å². The highest BCUT2D eigenvalue weighted by atomic mass is 16.5. The van der Waals surface area contributed by atoms with E-state index in [1.54, 1.807) is 0 Å². The fourth-order valence-corrected chi connectivity index (χ4v) is 2.73. The summed E-state index contributed by atoms with van der Waals surface area (Å²) >= 11 is 0. The van der Waals surface area contributed by atoms with E-state index in [9.17, 15) is 0 Å². The minimum absolute atomic E-state index is 0.716. The molecule has 0 radical (unpaired) electrons. The molecule has 0 saturated carbocycles. The number of benzene rings is 1. The Balaban J connectivity index is 1.63. The van der Waals surface area contributed by atoms with E-state index in [1.807, 2.05) is 18.2 Å². The first-order chi connectivity index (χ1) is 9.70. The van der Waals surface area contributed by atoms with Gasteiger partial charge in [-0.25, -0.2) is 4.98 Å². The van der Waals surface area contributed by atoms with Crippen LogP contribution in [0.2, 0.25) is 0 Å². The summed E-state index contributed by atoms with van der Waals surface area (Å²) in [5.74, 6) is 1.47. The molecule has 20 heavy (non-hydrogen) atoms. The maximum Gasteiger partial charge on any atom is 0.209 e. The molecule has 2 heterocycles. The largest absolute Gasteiger partial charge is 0.439 e. The first-order valence-corrected chi connectivity index (χ1v) is 7.12. The third-order valence-corrected chi connectivity index (χ3v) is 3.77. The third kappa shape index (κ3) is 3.11. The van der Waals surface area contributed by atoms with Crippen LogP contribution in [0.4, 0.5) is 5.69 Å². The molecule has 0 atom stereocenters. The van der Waals surface area contributed by atoms with Crippen LogP contribution in [0.25, 0.3) is 11.1 Å². The van der Waals surface area contributed by atoms with Crippen LogP contribution in [0.15, 0.2) is 22.6 Å². The van der Waals surface area contributed by atoms with E-state index in [2.05, 4.69) is 16.9 Å². The van der Waals surface area contributed by atoms with Gasteiger partial charge in [0.15, 0.2) is 5.58 Å². The van der Waals surface area contributed by atoms with Crippen molar-refractivity contribution in [3.8, 4) is 0 Å². The van der Waals surface area contributed by atoms with Crippen molar-refractivity contribution in [2.24, 2.45) is 5.92 Å². The zero-order valence-corrected chi connectivity index (χ0v) is 11.8. The Morgan fingerprint density at radius 2 is 2.15 bits per heavy atom. The number of nitrogen functional groups attached to an aromatic ring is 1. The van der Waals surface area contributed by atoms with E-state index in [1.165, 1.54) is 0 Å². The van der Waals surface area contributed by atoms with E-state index in [-0.39, 0.29) is 0 Å². The molecule has 108 valence electrons. The van der Waals surface area contributed by atoms with Crippen LogP contribution in [0.3, 0.4) is 0 Å². The summed E-state index contributed by atoms with van der Waals surface area (Å²) in [6.07, 6.45) is 2.29. The van der Waals surface area contributed by atoms with Gasteiger partial charge in [-0.1, -0.05) is 0 Å². The van der Waals surface area contributed by atoms with E-state index in [4.69, 9.17) is 14.9 Å². The predicted molar refractivity (Wildman–Crippen MR) is 78.3 cm³/mol. The molecule has 1 aliphatic rings. The third-order valence-electron chi connectivity index (χ3n) is 3.77. The van der Waals surface area contributed by atoms with Crippen LogP contribution in [0.5, 0.6) is 0 Å². The van der Waals surface area contributed by atoms with Crippen molar-refractivity contribution >= 4 is 16.8 Å². The molecule has 0 unspecified atom stereocenters.